The number of carbonyl (C=O) groups excluding carboxylic acids is 2. The maximum absolute atomic E-state index is 14.1. The standard InChI is InChI=1S/C31H41ClN4O5/c1-31(2,3)20-29(37)35(13-12-34-14-16-41-17-15-34)21-30(38)36-27(24-18-22(39-4)10-11-28(24)40-5)19-26(33-36)23-8-6-7-9-25(23)32/h6-11,18,27H,12-17,19-21H2,1-5H3/t27-/m0/s1. The number of amides is 2. The molecule has 2 amide bonds. The van der Waals surface area contributed by atoms with E-state index in [0.717, 1.165) is 24.2 Å². The molecule has 9 nitrogen and oxygen atoms in total. The molecule has 2 aromatic rings. The first-order valence-corrected chi connectivity index (χ1v) is 14.4. The Morgan fingerprint density at radius 1 is 1.10 bits per heavy atom. The van der Waals surface area contributed by atoms with Gasteiger partial charge >= 0.3 is 0 Å². The second-order valence-corrected chi connectivity index (χ2v) is 12.0. The summed E-state index contributed by atoms with van der Waals surface area (Å²) in [6.07, 6.45) is 0.771. The smallest absolute Gasteiger partial charge is 0.262 e. The van der Waals surface area contributed by atoms with Crippen LogP contribution < -0.4 is 9.47 Å². The highest BCUT2D eigenvalue weighted by Crippen LogP contribution is 2.40. The number of methoxy groups -OCH3 is 2. The summed E-state index contributed by atoms with van der Waals surface area (Å²) in [6.45, 7) is 10.1. The second-order valence-electron chi connectivity index (χ2n) is 11.6. The molecule has 2 aliphatic heterocycles. The monoisotopic (exact) mass is 584 g/mol. The summed E-state index contributed by atoms with van der Waals surface area (Å²) >= 11 is 6.54. The van der Waals surface area contributed by atoms with Gasteiger partial charge in [-0.3, -0.25) is 14.5 Å². The zero-order chi connectivity index (χ0) is 29.6. The molecule has 0 bridgehead atoms. The Labute approximate surface area is 248 Å². The van der Waals surface area contributed by atoms with Crippen LogP contribution in [-0.4, -0.2) is 92.5 Å². The molecule has 2 aliphatic rings. The third-order valence-electron chi connectivity index (χ3n) is 7.30. The van der Waals surface area contributed by atoms with Crippen molar-refractivity contribution in [3.05, 3.63) is 58.6 Å². The summed E-state index contributed by atoms with van der Waals surface area (Å²) in [7, 11) is 3.20. The molecule has 0 aliphatic carbocycles. The van der Waals surface area contributed by atoms with Crippen molar-refractivity contribution in [1.29, 1.82) is 0 Å². The number of ether oxygens (including phenoxy) is 3. The van der Waals surface area contributed by atoms with E-state index in [1.807, 2.05) is 63.2 Å². The van der Waals surface area contributed by atoms with Crippen LogP contribution in [0.4, 0.5) is 0 Å². The van der Waals surface area contributed by atoms with Gasteiger partial charge in [0.2, 0.25) is 5.91 Å². The van der Waals surface area contributed by atoms with Crippen molar-refractivity contribution >= 4 is 29.1 Å². The average Bonchev–Trinajstić information content (AvgIpc) is 3.40. The van der Waals surface area contributed by atoms with Gasteiger partial charge in [0, 0.05) is 55.2 Å². The first kappa shape index (κ1) is 30.8. The summed E-state index contributed by atoms with van der Waals surface area (Å²) in [6, 6.07) is 12.5. The van der Waals surface area contributed by atoms with Crippen molar-refractivity contribution in [2.45, 2.75) is 39.7 Å². The molecule has 4 rings (SSSR count). The fraction of sp³-hybridized carbons (Fsp3) is 0.516. The molecule has 0 aromatic heterocycles. The van der Waals surface area contributed by atoms with Gasteiger partial charge in [0.1, 0.15) is 18.0 Å². The molecule has 0 radical (unpaired) electrons. The molecule has 0 unspecified atom stereocenters. The normalized spacial score (nSPS) is 17.8. The number of benzene rings is 2. The Bertz CT molecular complexity index is 1260. The summed E-state index contributed by atoms with van der Waals surface area (Å²) in [4.78, 5) is 31.5. The molecule has 41 heavy (non-hydrogen) atoms. The minimum atomic E-state index is -0.461. The predicted molar refractivity (Wildman–Crippen MR) is 160 cm³/mol. The van der Waals surface area contributed by atoms with Crippen LogP contribution in [-0.2, 0) is 14.3 Å². The van der Waals surface area contributed by atoms with Crippen LogP contribution in [0.15, 0.2) is 47.6 Å². The van der Waals surface area contributed by atoms with Crippen molar-refractivity contribution in [3.8, 4) is 11.5 Å². The lowest BCUT2D eigenvalue weighted by molar-refractivity contribution is -0.142. The highest BCUT2D eigenvalue weighted by atomic mass is 35.5. The van der Waals surface area contributed by atoms with E-state index < -0.39 is 6.04 Å². The van der Waals surface area contributed by atoms with E-state index in [1.165, 1.54) is 5.01 Å². The number of halogens is 1. The third-order valence-corrected chi connectivity index (χ3v) is 7.63. The van der Waals surface area contributed by atoms with E-state index in [2.05, 4.69) is 4.90 Å². The van der Waals surface area contributed by atoms with Gasteiger partial charge < -0.3 is 19.1 Å². The predicted octanol–water partition coefficient (Wildman–Crippen LogP) is 4.63. The van der Waals surface area contributed by atoms with Crippen LogP contribution >= 0.6 is 11.6 Å². The summed E-state index contributed by atoms with van der Waals surface area (Å²) in [5.41, 5.74) is 2.02. The largest absolute Gasteiger partial charge is 0.497 e. The first-order chi connectivity index (χ1) is 19.6. The van der Waals surface area contributed by atoms with Gasteiger partial charge in [-0.15, -0.1) is 0 Å². The molecule has 0 spiro atoms. The first-order valence-electron chi connectivity index (χ1n) is 14.0. The summed E-state index contributed by atoms with van der Waals surface area (Å²) in [5.74, 6) is 0.944. The maximum atomic E-state index is 14.1. The number of rotatable bonds is 10. The number of nitrogens with zero attached hydrogens (tertiary/aromatic N) is 4. The Balaban J connectivity index is 1.65. The number of morpholine rings is 1. The Kier molecular flexibility index (Phi) is 10.3. The van der Waals surface area contributed by atoms with Crippen LogP contribution in [0, 0.1) is 5.41 Å². The van der Waals surface area contributed by atoms with E-state index in [9.17, 15) is 9.59 Å². The molecule has 1 atom stereocenters. The van der Waals surface area contributed by atoms with Gasteiger partial charge in [0.25, 0.3) is 5.91 Å². The number of carbonyl (C=O) groups is 2. The van der Waals surface area contributed by atoms with E-state index in [1.54, 1.807) is 19.1 Å². The molecule has 1 fully saturated rings. The van der Waals surface area contributed by atoms with Crippen molar-refractivity contribution < 1.29 is 23.8 Å². The maximum Gasteiger partial charge on any atom is 0.262 e. The van der Waals surface area contributed by atoms with Gasteiger partial charge in [0.15, 0.2) is 0 Å². The quantitative estimate of drug-likeness (QED) is 0.405. The van der Waals surface area contributed by atoms with Gasteiger partial charge in [0.05, 0.1) is 39.2 Å². The fourth-order valence-corrected chi connectivity index (χ4v) is 5.37. The van der Waals surface area contributed by atoms with Gasteiger partial charge in [-0.2, -0.15) is 5.10 Å². The SMILES string of the molecule is COc1ccc(OC)c([C@@H]2CC(c3ccccc3Cl)=NN2C(=O)CN(CCN2CCOCC2)C(=O)CC(C)(C)C)c1. The fourth-order valence-electron chi connectivity index (χ4n) is 5.12. The molecule has 10 heteroatoms. The van der Waals surface area contributed by atoms with Crippen LogP contribution in [0.2, 0.25) is 5.02 Å². The molecule has 2 aromatic carbocycles. The van der Waals surface area contributed by atoms with E-state index in [4.69, 9.17) is 30.9 Å². The lowest BCUT2D eigenvalue weighted by Crippen LogP contribution is -2.47. The molecule has 1 saturated heterocycles. The van der Waals surface area contributed by atoms with E-state index in [-0.39, 0.29) is 23.8 Å². The van der Waals surface area contributed by atoms with Crippen molar-refractivity contribution in [1.82, 2.24) is 14.8 Å². The van der Waals surface area contributed by atoms with Crippen LogP contribution in [0.3, 0.4) is 0 Å². The van der Waals surface area contributed by atoms with E-state index >= 15 is 0 Å². The molecular formula is C31H41ClN4O5. The topological polar surface area (TPSA) is 83.9 Å². The summed E-state index contributed by atoms with van der Waals surface area (Å²) < 4.78 is 16.6. The zero-order valence-electron chi connectivity index (χ0n) is 24.7. The molecule has 0 N–H and O–H groups in total. The van der Waals surface area contributed by atoms with Gasteiger partial charge in [-0.05, 0) is 29.7 Å². The average molecular weight is 585 g/mol. The number of hydrogen-bond donors (Lipinski definition) is 0. The van der Waals surface area contributed by atoms with Crippen molar-refractivity contribution in [2.75, 3.05) is 60.2 Å². The van der Waals surface area contributed by atoms with Crippen molar-refractivity contribution in [2.24, 2.45) is 10.5 Å². The Morgan fingerprint density at radius 3 is 2.49 bits per heavy atom. The lowest BCUT2D eigenvalue weighted by Gasteiger charge is -2.32. The zero-order valence-corrected chi connectivity index (χ0v) is 25.4. The Hall–Kier alpha value is -3.14. The lowest BCUT2D eigenvalue weighted by atomic mass is 9.91. The number of hydrazone groups is 1. The van der Waals surface area contributed by atoms with Crippen LogP contribution in [0.5, 0.6) is 11.5 Å². The summed E-state index contributed by atoms with van der Waals surface area (Å²) in [5, 5.41) is 6.85. The molecular weight excluding hydrogens is 544 g/mol. The third kappa shape index (κ3) is 7.99. The minimum absolute atomic E-state index is 0.0517. The van der Waals surface area contributed by atoms with Crippen molar-refractivity contribution in [3.63, 3.8) is 0 Å². The van der Waals surface area contributed by atoms with Crippen LogP contribution in [0.25, 0.3) is 0 Å². The highest BCUT2D eigenvalue weighted by Gasteiger charge is 2.37. The molecule has 222 valence electrons. The Morgan fingerprint density at radius 2 is 1.83 bits per heavy atom. The van der Waals surface area contributed by atoms with E-state index in [0.29, 0.717) is 61.4 Å². The minimum Gasteiger partial charge on any atom is -0.497 e. The van der Waals surface area contributed by atoms with Gasteiger partial charge in [-0.1, -0.05) is 50.6 Å². The van der Waals surface area contributed by atoms with Crippen LogP contribution in [0.1, 0.15) is 50.8 Å². The van der Waals surface area contributed by atoms with Gasteiger partial charge in [-0.25, -0.2) is 5.01 Å². The molecule has 0 saturated carbocycles. The highest BCUT2D eigenvalue weighted by molar-refractivity contribution is 6.34. The second kappa shape index (κ2) is 13.7. The number of hydrogen-bond acceptors (Lipinski definition) is 7. The molecule has 2 heterocycles.